The van der Waals surface area contributed by atoms with Gasteiger partial charge in [0.25, 0.3) is 0 Å². The summed E-state index contributed by atoms with van der Waals surface area (Å²) in [5, 5.41) is 3.45. The number of hydrogen-bond acceptors (Lipinski definition) is 3. The minimum Gasteiger partial charge on any atom is -0.489 e. The fraction of sp³-hybridized carbons (Fsp3) is 0.350. The van der Waals surface area contributed by atoms with E-state index in [0.29, 0.717) is 36.3 Å². The molecule has 0 saturated heterocycles. The number of benzene rings is 2. The minimum absolute atomic E-state index is 0.0286. The largest absolute Gasteiger partial charge is 0.489 e. The van der Waals surface area contributed by atoms with Crippen molar-refractivity contribution in [3.63, 3.8) is 0 Å². The summed E-state index contributed by atoms with van der Waals surface area (Å²) in [6.45, 7) is 3.87. The molecule has 0 spiro atoms. The SMILES string of the molecule is Cc1ccccc1CCNC(=O)Cc1cc(Cl)c2c(c1)OCCCO2. The lowest BCUT2D eigenvalue weighted by Gasteiger charge is -2.12. The Balaban J connectivity index is 1.57. The van der Waals surface area contributed by atoms with Crippen molar-refractivity contribution in [1.82, 2.24) is 5.32 Å². The molecular formula is C20H22ClNO3. The first-order valence-corrected chi connectivity index (χ1v) is 8.90. The molecule has 0 radical (unpaired) electrons. The molecule has 0 aromatic heterocycles. The van der Waals surface area contributed by atoms with Crippen LogP contribution < -0.4 is 14.8 Å². The van der Waals surface area contributed by atoms with Crippen molar-refractivity contribution >= 4 is 17.5 Å². The monoisotopic (exact) mass is 359 g/mol. The topological polar surface area (TPSA) is 47.6 Å². The second-order valence-electron chi connectivity index (χ2n) is 6.16. The van der Waals surface area contributed by atoms with Crippen LogP contribution in [0.2, 0.25) is 5.02 Å². The fourth-order valence-corrected chi connectivity index (χ4v) is 3.15. The maximum atomic E-state index is 12.2. The Morgan fingerprint density at radius 1 is 1.20 bits per heavy atom. The number of halogens is 1. The van der Waals surface area contributed by atoms with Crippen LogP contribution in [-0.4, -0.2) is 25.7 Å². The maximum Gasteiger partial charge on any atom is 0.224 e. The minimum atomic E-state index is -0.0286. The molecule has 1 aliphatic heterocycles. The predicted molar refractivity (Wildman–Crippen MR) is 98.7 cm³/mol. The van der Waals surface area contributed by atoms with Crippen LogP contribution in [0.3, 0.4) is 0 Å². The number of carbonyl (C=O) groups is 1. The molecule has 3 rings (SSSR count). The number of fused-ring (bicyclic) bond motifs is 1. The van der Waals surface area contributed by atoms with Gasteiger partial charge in [0.2, 0.25) is 5.91 Å². The quantitative estimate of drug-likeness (QED) is 0.885. The zero-order valence-electron chi connectivity index (χ0n) is 14.3. The molecule has 25 heavy (non-hydrogen) atoms. The Kier molecular flexibility index (Phi) is 5.82. The van der Waals surface area contributed by atoms with Crippen LogP contribution in [0.5, 0.6) is 11.5 Å². The molecule has 1 heterocycles. The Labute approximate surface area is 153 Å². The van der Waals surface area contributed by atoms with Gasteiger partial charge in [0.1, 0.15) is 0 Å². The Hall–Kier alpha value is -2.20. The van der Waals surface area contributed by atoms with Gasteiger partial charge in [-0.1, -0.05) is 35.9 Å². The lowest BCUT2D eigenvalue weighted by molar-refractivity contribution is -0.120. The number of carbonyl (C=O) groups excluding carboxylic acids is 1. The van der Waals surface area contributed by atoms with Gasteiger partial charge in [-0.25, -0.2) is 0 Å². The van der Waals surface area contributed by atoms with Crippen molar-refractivity contribution in [1.29, 1.82) is 0 Å². The van der Waals surface area contributed by atoms with E-state index in [2.05, 4.69) is 24.4 Å². The zero-order valence-corrected chi connectivity index (χ0v) is 15.1. The van der Waals surface area contributed by atoms with E-state index in [9.17, 15) is 4.79 Å². The first kappa shape index (κ1) is 17.6. The highest BCUT2D eigenvalue weighted by atomic mass is 35.5. The van der Waals surface area contributed by atoms with Crippen molar-refractivity contribution in [2.24, 2.45) is 0 Å². The van der Waals surface area contributed by atoms with Gasteiger partial charge in [-0.2, -0.15) is 0 Å². The lowest BCUT2D eigenvalue weighted by atomic mass is 10.1. The van der Waals surface area contributed by atoms with Crippen molar-refractivity contribution in [2.75, 3.05) is 19.8 Å². The van der Waals surface area contributed by atoms with Crippen LogP contribution in [0.25, 0.3) is 0 Å². The molecular weight excluding hydrogens is 338 g/mol. The Morgan fingerprint density at radius 2 is 2.00 bits per heavy atom. The van der Waals surface area contributed by atoms with E-state index in [1.807, 2.05) is 18.2 Å². The molecule has 0 aliphatic carbocycles. The van der Waals surface area contributed by atoms with Crippen molar-refractivity contribution in [3.8, 4) is 11.5 Å². The van der Waals surface area contributed by atoms with Crippen molar-refractivity contribution in [3.05, 3.63) is 58.1 Å². The molecule has 0 saturated carbocycles. The van der Waals surface area contributed by atoms with Gasteiger partial charge in [-0.15, -0.1) is 0 Å². The average Bonchev–Trinajstić information content (AvgIpc) is 2.82. The third-order valence-electron chi connectivity index (χ3n) is 4.20. The molecule has 1 N–H and O–H groups in total. The number of rotatable bonds is 5. The lowest BCUT2D eigenvalue weighted by Crippen LogP contribution is -2.27. The summed E-state index contributed by atoms with van der Waals surface area (Å²) in [5.41, 5.74) is 3.32. The summed E-state index contributed by atoms with van der Waals surface area (Å²) in [4.78, 5) is 12.2. The smallest absolute Gasteiger partial charge is 0.224 e. The second kappa shape index (κ2) is 8.26. The first-order valence-electron chi connectivity index (χ1n) is 8.52. The Morgan fingerprint density at radius 3 is 2.84 bits per heavy atom. The molecule has 0 fully saturated rings. The molecule has 5 heteroatoms. The van der Waals surface area contributed by atoms with Crippen LogP contribution in [-0.2, 0) is 17.6 Å². The third kappa shape index (κ3) is 4.67. The van der Waals surface area contributed by atoms with E-state index in [4.69, 9.17) is 21.1 Å². The Bertz CT molecular complexity index is 761. The van der Waals surface area contributed by atoms with E-state index in [1.54, 1.807) is 6.07 Å². The molecule has 0 atom stereocenters. The predicted octanol–water partition coefficient (Wildman–Crippen LogP) is 3.71. The molecule has 0 bridgehead atoms. The fourth-order valence-electron chi connectivity index (χ4n) is 2.86. The van der Waals surface area contributed by atoms with Crippen LogP contribution in [0.15, 0.2) is 36.4 Å². The standard InChI is InChI=1S/C20H22ClNO3/c1-14-5-2-3-6-16(14)7-8-22-19(23)13-15-11-17(21)20-18(12-15)24-9-4-10-25-20/h2-3,5-6,11-12H,4,7-10,13H2,1H3,(H,22,23). The van der Waals surface area contributed by atoms with E-state index in [-0.39, 0.29) is 12.3 Å². The maximum absolute atomic E-state index is 12.2. The van der Waals surface area contributed by atoms with Gasteiger partial charge in [0.05, 0.1) is 24.7 Å². The highest BCUT2D eigenvalue weighted by molar-refractivity contribution is 6.32. The summed E-state index contributed by atoms with van der Waals surface area (Å²) in [6.07, 6.45) is 1.91. The first-order chi connectivity index (χ1) is 12.1. The van der Waals surface area contributed by atoms with Crippen LogP contribution >= 0.6 is 11.6 Å². The van der Waals surface area contributed by atoms with Crippen LogP contribution in [0.4, 0.5) is 0 Å². The molecule has 0 unspecified atom stereocenters. The molecule has 2 aromatic rings. The number of aryl methyl sites for hydroxylation is 1. The van der Waals surface area contributed by atoms with Crippen LogP contribution in [0, 0.1) is 6.92 Å². The van der Waals surface area contributed by atoms with E-state index >= 15 is 0 Å². The average molecular weight is 360 g/mol. The molecule has 1 amide bonds. The molecule has 4 nitrogen and oxygen atoms in total. The zero-order chi connectivity index (χ0) is 17.6. The summed E-state index contributed by atoms with van der Waals surface area (Å²) in [6, 6.07) is 11.8. The number of ether oxygens (including phenoxy) is 2. The van der Waals surface area contributed by atoms with Gasteiger partial charge in [-0.05, 0) is 42.2 Å². The summed E-state index contributed by atoms with van der Waals surface area (Å²) >= 11 is 6.27. The summed E-state index contributed by atoms with van der Waals surface area (Å²) in [7, 11) is 0. The highest BCUT2D eigenvalue weighted by Crippen LogP contribution is 2.38. The third-order valence-corrected chi connectivity index (χ3v) is 4.49. The van der Waals surface area contributed by atoms with Crippen LogP contribution in [0.1, 0.15) is 23.1 Å². The van der Waals surface area contributed by atoms with Gasteiger partial charge in [0.15, 0.2) is 11.5 Å². The highest BCUT2D eigenvalue weighted by Gasteiger charge is 2.16. The summed E-state index contributed by atoms with van der Waals surface area (Å²) in [5.74, 6) is 1.16. The van der Waals surface area contributed by atoms with E-state index < -0.39 is 0 Å². The van der Waals surface area contributed by atoms with Gasteiger partial charge >= 0.3 is 0 Å². The molecule has 132 valence electrons. The van der Waals surface area contributed by atoms with Crippen molar-refractivity contribution < 1.29 is 14.3 Å². The number of amides is 1. The van der Waals surface area contributed by atoms with E-state index in [1.165, 1.54) is 11.1 Å². The van der Waals surface area contributed by atoms with E-state index in [0.717, 1.165) is 18.4 Å². The van der Waals surface area contributed by atoms with Crippen molar-refractivity contribution in [2.45, 2.75) is 26.2 Å². The molecule has 2 aromatic carbocycles. The normalized spacial score (nSPS) is 13.2. The van der Waals surface area contributed by atoms with Gasteiger partial charge in [-0.3, -0.25) is 4.79 Å². The number of hydrogen-bond donors (Lipinski definition) is 1. The summed E-state index contributed by atoms with van der Waals surface area (Å²) < 4.78 is 11.3. The second-order valence-corrected chi connectivity index (χ2v) is 6.57. The van der Waals surface area contributed by atoms with Gasteiger partial charge in [0, 0.05) is 13.0 Å². The van der Waals surface area contributed by atoms with Gasteiger partial charge < -0.3 is 14.8 Å². The molecule has 1 aliphatic rings. The number of nitrogens with one attached hydrogen (secondary N) is 1.